The predicted octanol–water partition coefficient (Wildman–Crippen LogP) is 19.7. The Morgan fingerprint density at radius 3 is 1.41 bits per heavy atom. The van der Waals surface area contributed by atoms with E-state index in [0.717, 1.165) is 217 Å². The van der Waals surface area contributed by atoms with E-state index in [9.17, 15) is 29.1 Å². The van der Waals surface area contributed by atoms with Crippen LogP contribution in [0.4, 0.5) is 11.4 Å². The quantitative estimate of drug-likeness (QED) is 0.0280. The van der Waals surface area contributed by atoms with E-state index < -0.39 is 0 Å². The Hall–Kier alpha value is -15.8. The molecule has 2 aliphatic rings. The molecule has 0 fully saturated rings. The number of allylic oxidation sites excluding steroid dienone is 2. The lowest BCUT2D eigenvalue weighted by molar-refractivity contribution is 0.0979. The summed E-state index contributed by atoms with van der Waals surface area (Å²) in [5.41, 5.74) is 31.8. The first-order chi connectivity index (χ1) is 62.1. The molecule has 0 unspecified atom stereocenters. The number of aromatic nitrogens is 20. The van der Waals surface area contributed by atoms with E-state index in [4.69, 9.17) is 4.74 Å². The molecule has 15 aromatic heterocycles. The van der Waals surface area contributed by atoms with Crippen molar-refractivity contribution in [3.63, 3.8) is 0 Å². The number of benzene rings is 3. The molecule has 0 bridgehead atoms. The fourth-order valence-corrected chi connectivity index (χ4v) is 16.0. The second-order valence-electron chi connectivity index (χ2n) is 33.1. The summed E-state index contributed by atoms with van der Waals surface area (Å²) >= 11 is 0. The van der Waals surface area contributed by atoms with Crippen LogP contribution < -0.4 is 15.0 Å². The largest absolute Gasteiger partial charge is 0.508 e. The van der Waals surface area contributed by atoms with Gasteiger partial charge in [-0.15, -0.1) is 0 Å². The Balaban J connectivity index is 0.000000119. The van der Waals surface area contributed by atoms with Gasteiger partial charge in [0, 0.05) is 168 Å². The Bertz CT molecular complexity index is 7370. The second kappa shape index (κ2) is 37.2. The maximum Gasteiger partial charge on any atom is 0.278 e. The van der Waals surface area contributed by atoms with Crippen molar-refractivity contribution in [2.75, 3.05) is 23.9 Å². The number of hydrogen-bond acceptors (Lipinski definition) is 17. The van der Waals surface area contributed by atoms with Crippen LogP contribution in [-0.4, -0.2) is 149 Å². The fourth-order valence-electron chi connectivity index (χ4n) is 16.0. The molecule has 16 heterocycles. The molecule has 129 heavy (non-hydrogen) atoms. The van der Waals surface area contributed by atoms with Crippen LogP contribution >= 0.6 is 0 Å². The number of para-hydroxylation sites is 1. The summed E-state index contributed by atoms with van der Waals surface area (Å²) in [7, 11) is 1.74. The van der Waals surface area contributed by atoms with Gasteiger partial charge in [-0.1, -0.05) is 73.3 Å². The number of hydrogen-bond donors (Lipinski definition) is 12. The van der Waals surface area contributed by atoms with Crippen molar-refractivity contribution in [1.82, 2.24) is 101 Å². The summed E-state index contributed by atoms with van der Waals surface area (Å²) in [5, 5.41) is 52.3. The summed E-state index contributed by atoms with van der Waals surface area (Å²) in [4.78, 5) is 103. The number of aliphatic hydroxyl groups excluding tert-OH is 1. The van der Waals surface area contributed by atoms with Crippen LogP contribution in [0.25, 0.3) is 100 Å². The molecule has 1 aliphatic carbocycles. The lowest BCUT2D eigenvalue weighted by atomic mass is 9.97. The number of ether oxygens (including phenoxy) is 1. The predicted molar refractivity (Wildman–Crippen MR) is 503 cm³/mol. The van der Waals surface area contributed by atoms with Crippen LogP contribution in [0, 0.1) is 83.1 Å². The van der Waals surface area contributed by atoms with Gasteiger partial charge in [-0.05, 0) is 227 Å². The van der Waals surface area contributed by atoms with Gasteiger partial charge in [-0.2, -0.15) is 25.5 Å². The van der Waals surface area contributed by atoms with Gasteiger partial charge in [-0.25, -0.2) is 24.9 Å². The zero-order valence-corrected chi connectivity index (χ0v) is 74.2. The molecule has 1 aliphatic heterocycles. The molecule has 29 heteroatoms. The minimum Gasteiger partial charge on any atom is -0.508 e. The van der Waals surface area contributed by atoms with Crippen molar-refractivity contribution in [2.24, 2.45) is 0 Å². The third kappa shape index (κ3) is 18.8. The Morgan fingerprint density at radius 1 is 0.434 bits per heavy atom. The standard InChI is InChI=1S/C23H22N4O2.C22H21N5O2.C20H19N5O.C20H22N4O.C15H16N4O/c1-13-14(2)26-27-21(13)20(28)10-15-9-17-11-19(25-23(17)24-12-15)18-7-3-5-16-6-4-8-29-22(16)18;1-11-13(3)26-27-20(11)22(29)24-16-8-15-9-19(25-21(15)23-10-16)18-7-5-6-17(12(18)2)14(4)28;1-12-13(2)23-24-18(12)20(26)25(3)16-9-15-10-17(22-19(15)21-11-16)14-7-5-4-6-8-14;1-12-13(2)23-24-19(12)18(25)9-14-8-16-10-17(22-20(16)21-11-14)15-6-4-3-5-7-15;1-8-4-12-5-11(7-16-15(12)17-8)6-13(20)14-9(2)10(3)18-19-14/h3,5,7,9,11-12H,4,6,8,10H2,1-2H3,(H,24,25)(H,26,27);5-10,28H,4H2,1-3H3,(H,23,25)(H,24,29)(H,26,27);4-11H,1-3H3,(H,21,22)(H,23,24);6,8,10-11H,3-5,7,9H2,1-2H3,(H,21,22)(H,23,24);4-5,7H,6H2,1-3H3,(H,16,17)(H,18,19). The molecule has 12 N–H and O–H groups in total. The number of anilines is 2. The Morgan fingerprint density at radius 2 is 0.884 bits per heavy atom. The van der Waals surface area contributed by atoms with E-state index in [-0.39, 0.29) is 41.3 Å². The third-order valence-corrected chi connectivity index (χ3v) is 24.0. The molecule has 0 saturated carbocycles. The van der Waals surface area contributed by atoms with Gasteiger partial charge in [0.2, 0.25) is 0 Å². The number of aliphatic hydroxyl groups is 1. The van der Waals surface area contributed by atoms with E-state index in [0.29, 0.717) is 58.2 Å². The first kappa shape index (κ1) is 86.7. The summed E-state index contributed by atoms with van der Waals surface area (Å²) in [5.74, 6) is 0.585. The van der Waals surface area contributed by atoms with Crippen LogP contribution in [0.3, 0.4) is 0 Å². The average Bonchev–Trinajstić information content (AvgIpc) is 1.77. The first-order valence-electron chi connectivity index (χ1n) is 42.8. The summed E-state index contributed by atoms with van der Waals surface area (Å²) in [6.45, 7) is 27.3. The number of fused-ring (bicyclic) bond motifs is 6. The van der Waals surface area contributed by atoms with Gasteiger partial charge in [0.05, 0.1) is 36.1 Å². The highest BCUT2D eigenvalue weighted by molar-refractivity contribution is 6.07. The minimum atomic E-state index is -0.284. The number of ketones is 3. The second-order valence-corrected chi connectivity index (χ2v) is 33.1. The van der Waals surface area contributed by atoms with Crippen molar-refractivity contribution in [3.8, 4) is 39.5 Å². The molecule has 18 aromatic rings. The van der Waals surface area contributed by atoms with E-state index in [1.165, 1.54) is 24.0 Å². The third-order valence-electron chi connectivity index (χ3n) is 24.0. The normalized spacial score (nSPS) is 12.3. The lowest BCUT2D eigenvalue weighted by Crippen LogP contribution is -2.27. The topological polar surface area (TPSA) is 417 Å². The number of H-pyrrole nitrogens is 10. The molecule has 2 amide bonds. The van der Waals surface area contributed by atoms with Gasteiger partial charge in [-0.3, -0.25) is 49.5 Å². The first-order valence-corrected chi connectivity index (χ1v) is 42.8. The molecule has 0 radical (unpaired) electrons. The molecule has 0 atom stereocenters. The number of nitrogens with zero attached hydrogens (tertiary/aromatic N) is 11. The monoisotopic (exact) mass is 1720 g/mol. The average molecular weight is 1720 g/mol. The van der Waals surface area contributed by atoms with Crippen molar-refractivity contribution >= 4 is 107 Å². The maximum absolute atomic E-state index is 12.7. The maximum atomic E-state index is 12.7. The van der Waals surface area contributed by atoms with E-state index in [2.05, 4.69) is 155 Å². The highest BCUT2D eigenvalue weighted by Crippen LogP contribution is 2.39. The fraction of sp³-hybridized carbons (Fsp3) is 0.230. The number of carbonyl (C=O) groups excluding carboxylic acids is 5. The van der Waals surface area contributed by atoms with Gasteiger partial charge >= 0.3 is 0 Å². The zero-order chi connectivity index (χ0) is 90.6. The van der Waals surface area contributed by atoms with Gasteiger partial charge < -0.3 is 45.0 Å². The molecular formula is C100H100N22O7. The van der Waals surface area contributed by atoms with Gasteiger partial charge in [0.25, 0.3) is 11.8 Å². The number of aryl methyl sites for hydroxylation is 7. The van der Waals surface area contributed by atoms with E-state index in [1.807, 2.05) is 174 Å². The molecule has 0 spiro atoms. The highest BCUT2D eigenvalue weighted by Gasteiger charge is 2.26. The molecule has 652 valence electrons. The van der Waals surface area contributed by atoms with Crippen LogP contribution in [0.5, 0.6) is 5.75 Å². The summed E-state index contributed by atoms with van der Waals surface area (Å²) < 4.78 is 5.95. The number of pyridine rings is 5. The number of Topliss-reactive ketones (excluding diaryl/α,β-unsaturated/α-hetero) is 3. The minimum absolute atomic E-state index is 0.00529. The van der Waals surface area contributed by atoms with Crippen molar-refractivity contribution < 1.29 is 33.8 Å². The van der Waals surface area contributed by atoms with E-state index >= 15 is 0 Å². The van der Waals surface area contributed by atoms with Crippen molar-refractivity contribution in [3.05, 3.63) is 301 Å². The summed E-state index contributed by atoms with van der Waals surface area (Å²) in [6, 6.07) is 42.2. The lowest BCUT2D eigenvalue weighted by Gasteiger charge is -2.19. The van der Waals surface area contributed by atoms with Crippen LogP contribution in [-0.2, 0) is 25.7 Å². The zero-order valence-electron chi connectivity index (χ0n) is 74.2. The van der Waals surface area contributed by atoms with Gasteiger partial charge in [0.1, 0.15) is 56.8 Å². The summed E-state index contributed by atoms with van der Waals surface area (Å²) in [6.07, 6.45) is 18.7. The SMILES string of the molecule is C=C(O)c1cccc(-c2cc3cc(NC(=O)c4n[nH]c(C)c4C)cnc3[nH]2)c1C.Cc1[nH]nc(C(=O)Cc2cnc3[nH]c(-c4cccc5c4OCCC5)cc3c2)c1C.Cc1[nH]nc(C(=O)Cc2cnc3[nH]c(C4=CCCCC4)cc3c2)c1C.Cc1[nH]nc(C(=O)N(C)c2cnc3[nH]c(-c4ccccc4)cc3c2)c1C.Cc1cc2cc(CC(=O)c3n[nH]c(C)c3C)cnc2[nH]1. The highest BCUT2D eigenvalue weighted by atomic mass is 16.5. The molecule has 0 saturated heterocycles. The van der Waals surface area contributed by atoms with Crippen molar-refractivity contribution in [1.29, 1.82) is 0 Å². The molecule has 20 rings (SSSR count). The smallest absolute Gasteiger partial charge is 0.278 e. The van der Waals surface area contributed by atoms with Crippen LogP contribution in [0.1, 0.15) is 186 Å². The number of carbonyl (C=O) groups is 5. The molecular weight excluding hydrogens is 1620 g/mol. The van der Waals surface area contributed by atoms with E-state index in [1.54, 1.807) is 42.9 Å². The molecule has 29 nitrogen and oxygen atoms in total. The number of aromatic amines is 10. The Labute approximate surface area is 742 Å². The number of nitrogens with one attached hydrogen (secondary N) is 11. The molecule has 3 aromatic carbocycles. The Kier molecular flexibility index (Phi) is 25.0. The number of rotatable bonds is 18. The number of amides is 2. The van der Waals surface area contributed by atoms with Crippen LogP contribution in [0.2, 0.25) is 0 Å². The van der Waals surface area contributed by atoms with Gasteiger partial charge in [0.15, 0.2) is 28.7 Å². The van der Waals surface area contributed by atoms with Crippen LogP contribution in [0.15, 0.2) is 171 Å². The van der Waals surface area contributed by atoms with Crippen molar-refractivity contribution in [2.45, 2.75) is 141 Å².